The molecule has 74 valence electrons. The second-order valence-corrected chi connectivity index (χ2v) is 3.22. The van der Waals surface area contributed by atoms with Gasteiger partial charge in [0.05, 0.1) is 6.20 Å². The molecule has 0 aromatic carbocycles. The molecule has 0 aliphatic rings. The maximum Gasteiger partial charge on any atom is 0.257 e. The predicted molar refractivity (Wildman–Crippen MR) is 52.0 cm³/mol. The minimum atomic E-state index is -0.0854. The highest BCUT2D eigenvalue weighted by Gasteiger charge is 2.07. The van der Waals surface area contributed by atoms with Crippen molar-refractivity contribution in [1.29, 1.82) is 0 Å². The van der Waals surface area contributed by atoms with E-state index in [2.05, 4.69) is 27.1 Å². The van der Waals surface area contributed by atoms with E-state index in [9.17, 15) is 5.11 Å². The zero-order chi connectivity index (χ0) is 9.97. The van der Waals surface area contributed by atoms with E-state index in [-0.39, 0.29) is 5.88 Å². The summed E-state index contributed by atoms with van der Waals surface area (Å²) in [4.78, 5) is 7.33. The number of hydrogen-bond acceptors (Lipinski definition) is 4. The van der Waals surface area contributed by atoms with Crippen LogP contribution in [-0.2, 0) is 6.42 Å². The Balaban J connectivity index is 2.36. The van der Waals surface area contributed by atoms with E-state index in [0.29, 0.717) is 11.0 Å². The lowest BCUT2D eigenvalue weighted by Crippen LogP contribution is -1.86. The summed E-state index contributed by atoms with van der Waals surface area (Å²) in [6, 6.07) is 0. The van der Waals surface area contributed by atoms with Crippen LogP contribution in [0.25, 0.3) is 11.0 Å². The van der Waals surface area contributed by atoms with Gasteiger partial charge in [-0.05, 0) is 6.42 Å². The zero-order valence-corrected chi connectivity index (χ0v) is 7.99. The summed E-state index contributed by atoms with van der Waals surface area (Å²) in [6.45, 7) is 2.13. The Morgan fingerprint density at radius 3 is 3.07 bits per heavy atom. The van der Waals surface area contributed by atoms with Crippen LogP contribution < -0.4 is 0 Å². The zero-order valence-electron chi connectivity index (χ0n) is 7.99. The summed E-state index contributed by atoms with van der Waals surface area (Å²) >= 11 is 0. The first kappa shape index (κ1) is 8.93. The number of aryl methyl sites for hydroxylation is 1. The fourth-order valence-corrected chi connectivity index (χ4v) is 1.35. The number of nitrogens with zero attached hydrogens (tertiary/aromatic N) is 3. The highest BCUT2D eigenvalue weighted by Crippen LogP contribution is 2.18. The maximum atomic E-state index is 9.37. The van der Waals surface area contributed by atoms with Gasteiger partial charge < -0.3 is 10.1 Å². The van der Waals surface area contributed by atoms with Gasteiger partial charge in [0.25, 0.3) is 5.88 Å². The molecule has 0 amide bonds. The third-order valence-corrected chi connectivity index (χ3v) is 2.10. The highest BCUT2D eigenvalue weighted by molar-refractivity contribution is 5.78. The van der Waals surface area contributed by atoms with E-state index >= 15 is 0 Å². The fourth-order valence-electron chi connectivity index (χ4n) is 1.35. The SMILES string of the molecule is CCCCc1nc2cnnc(O)c2[nH]1. The second-order valence-electron chi connectivity index (χ2n) is 3.22. The number of H-pyrrole nitrogens is 1. The van der Waals surface area contributed by atoms with Crippen molar-refractivity contribution in [1.82, 2.24) is 20.2 Å². The molecule has 0 aliphatic heterocycles. The van der Waals surface area contributed by atoms with Crippen LogP contribution >= 0.6 is 0 Å². The molecule has 0 saturated carbocycles. The molecule has 0 fully saturated rings. The summed E-state index contributed by atoms with van der Waals surface area (Å²) in [5.74, 6) is 0.796. The van der Waals surface area contributed by atoms with E-state index in [1.165, 1.54) is 0 Å². The molecule has 5 nitrogen and oxygen atoms in total. The second kappa shape index (κ2) is 3.61. The molecule has 0 saturated heterocycles. The molecule has 0 bridgehead atoms. The smallest absolute Gasteiger partial charge is 0.257 e. The van der Waals surface area contributed by atoms with E-state index in [1.54, 1.807) is 6.20 Å². The lowest BCUT2D eigenvalue weighted by atomic mass is 10.2. The minimum absolute atomic E-state index is 0.0854. The number of aromatic nitrogens is 4. The van der Waals surface area contributed by atoms with Gasteiger partial charge in [-0.15, -0.1) is 5.10 Å². The molecular formula is C9H12N4O. The Kier molecular flexibility index (Phi) is 2.30. The van der Waals surface area contributed by atoms with Gasteiger partial charge in [-0.3, -0.25) is 0 Å². The number of unbranched alkanes of at least 4 members (excludes halogenated alkanes) is 1. The number of rotatable bonds is 3. The molecule has 0 aliphatic carbocycles. The largest absolute Gasteiger partial charge is 0.491 e. The Labute approximate surface area is 81.2 Å². The van der Waals surface area contributed by atoms with Gasteiger partial charge in [-0.2, -0.15) is 5.10 Å². The number of imidazole rings is 1. The molecule has 0 atom stereocenters. The molecule has 14 heavy (non-hydrogen) atoms. The van der Waals surface area contributed by atoms with Crippen LogP contribution in [0.3, 0.4) is 0 Å². The fraction of sp³-hybridized carbons (Fsp3) is 0.444. The van der Waals surface area contributed by atoms with Crippen molar-refractivity contribution in [2.24, 2.45) is 0 Å². The van der Waals surface area contributed by atoms with Crippen molar-refractivity contribution in [3.8, 4) is 5.88 Å². The monoisotopic (exact) mass is 192 g/mol. The number of hydrogen-bond donors (Lipinski definition) is 2. The van der Waals surface area contributed by atoms with Gasteiger partial charge in [0.15, 0.2) is 0 Å². The van der Waals surface area contributed by atoms with Gasteiger partial charge in [0.2, 0.25) is 0 Å². The molecular weight excluding hydrogens is 180 g/mol. The van der Waals surface area contributed by atoms with Crippen molar-refractivity contribution >= 4 is 11.0 Å². The van der Waals surface area contributed by atoms with Crippen molar-refractivity contribution in [2.45, 2.75) is 26.2 Å². The van der Waals surface area contributed by atoms with Crippen LogP contribution in [0.4, 0.5) is 0 Å². The molecule has 0 unspecified atom stereocenters. The number of aromatic hydroxyl groups is 1. The van der Waals surface area contributed by atoms with E-state index in [4.69, 9.17) is 0 Å². The Bertz CT molecular complexity index is 437. The molecule has 0 radical (unpaired) electrons. The Morgan fingerprint density at radius 2 is 2.36 bits per heavy atom. The van der Waals surface area contributed by atoms with Crippen molar-refractivity contribution < 1.29 is 5.11 Å². The van der Waals surface area contributed by atoms with Gasteiger partial charge in [-0.1, -0.05) is 13.3 Å². The van der Waals surface area contributed by atoms with Crippen LogP contribution in [0.5, 0.6) is 5.88 Å². The van der Waals surface area contributed by atoms with Crippen LogP contribution in [0.2, 0.25) is 0 Å². The summed E-state index contributed by atoms with van der Waals surface area (Å²) in [5.41, 5.74) is 1.25. The van der Waals surface area contributed by atoms with E-state index < -0.39 is 0 Å². The van der Waals surface area contributed by atoms with Crippen molar-refractivity contribution in [3.05, 3.63) is 12.0 Å². The summed E-state index contributed by atoms with van der Waals surface area (Å²) in [7, 11) is 0. The lowest BCUT2D eigenvalue weighted by molar-refractivity contribution is 0.451. The molecule has 2 heterocycles. The predicted octanol–water partition coefficient (Wildman–Crippen LogP) is 1.40. The quantitative estimate of drug-likeness (QED) is 0.770. The molecule has 2 aromatic rings. The van der Waals surface area contributed by atoms with Crippen LogP contribution in [0, 0.1) is 0 Å². The van der Waals surface area contributed by atoms with Gasteiger partial charge in [-0.25, -0.2) is 4.98 Å². The lowest BCUT2D eigenvalue weighted by Gasteiger charge is -1.91. The molecule has 5 heteroatoms. The van der Waals surface area contributed by atoms with Crippen LogP contribution in [0.15, 0.2) is 6.20 Å². The molecule has 0 spiro atoms. The molecule has 2 aromatic heterocycles. The van der Waals surface area contributed by atoms with Crippen LogP contribution in [0.1, 0.15) is 25.6 Å². The summed E-state index contributed by atoms with van der Waals surface area (Å²) in [6.07, 6.45) is 4.65. The standard InChI is InChI=1S/C9H12N4O/c1-2-3-4-7-11-6-5-10-13-9(14)8(6)12-7/h5H,2-4H2,1H3,(H,11,12)(H,13,14). The first-order valence-corrected chi connectivity index (χ1v) is 4.70. The number of fused-ring (bicyclic) bond motifs is 1. The third-order valence-electron chi connectivity index (χ3n) is 2.10. The van der Waals surface area contributed by atoms with E-state index in [1.807, 2.05) is 0 Å². The minimum Gasteiger partial charge on any atom is -0.491 e. The summed E-state index contributed by atoms with van der Waals surface area (Å²) in [5, 5.41) is 16.5. The Hall–Kier alpha value is -1.65. The van der Waals surface area contributed by atoms with Crippen molar-refractivity contribution in [2.75, 3.05) is 0 Å². The summed E-state index contributed by atoms with van der Waals surface area (Å²) < 4.78 is 0. The van der Waals surface area contributed by atoms with Gasteiger partial charge >= 0.3 is 0 Å². The third kappa shape index (κ3) is 1.53. The highest BCUT2D eigenvalue weighted by atomic mass is 16.3. The first-order valence-electron chi connectivity index (χ1n) is 4.70. The Morgan fingerprint density at radius 1 is 1.50 bits per heavy atom. The average Bonchev–Trinajstić information content (AvgIpc) is 2.59. The molecule has 2 rings (SSSR count). The number of nitrogens with one attached hydrogen (secondary N) is 1. The van der Waals surface area contributed by atoms with Crippen LogP contribution in [-0.4, -0.2) is 25.3 Å². The normalized spacial score (nSPS) is 10.9. The van der Waals surface area contributed by atoms with Gasteiger partial charge in [0, 0.05) is 6.42 Å². The topological polar surface area (TPSA) is 74.7 Å². The molecule has 2 N–H and O–H groups in total. The van der Waals surface area contributed by atoms with E-state index in [0.717, 1.165) is 25.1 Å². The average molecular weight is 192 g/mol. The van der Waals surface area contributed by atoms with Crippen molar-refractivity contribution in [3.63, 3.8) is 0 Å². The number of aromatic amines is 1. The maximum absolute atomic E-state index is 9.37. The van der Waals surface area contributed by atoms with Gasteiger partial charge in [0.1, 0.15) is 16.9 Å². The first-order chi connectivity index (χ1) is 6.81.